The van der Waals surface area contributed by atoms with Crippen LogP contribution in [0.3, 0.4) is 0 Å². The van der Waals surface area contributed by atoms with Crippen LogP contribution in [-0.4, -0.2) is 50.1 Å². The number of hydrogen-bond donors (Lipinski definition) is 1. The van der Waals surface area contributed by atoms with E-state index in [4.69, 9.17) is 4.42 Å². The van der Waals surface area contributed by atoms with E-state index in [1.165, 1.54) is 12.0 Å². The van der Waals surface area contributed by atoms with Crippen molar-refractivity contribution in [2.24, 2.45) is 0 Å². The Bertz CT molecular complexity index is 590. The molecule has 1 aromatic carbocycles. The van der Waals surface area contributed by atoms with Crippen molar-refractivity contribution >= 4 is 11.6 Å². The summed E-state index contributed by atoms with van der Waals surface area (Å²) in [5.74, 6) is 0.241. The molecule has 5 heteroatoms. The first-order chi connectivity index (χ1) is 11.3. The number of amides is 1. The van der Waals surface area contributed by atoms with Gasteiger partial charge in [-0.3, -0.25) is 9.69 Å². The summed E-state index contributed by atoms with van der Waals surface area (Å²) in [6, 6.07) is 14.0. The van der Waals surface area contributed by atoms with Crippen LogP contribution >= 0.6 is 0 Å². The summed E-state index contributed by atoms with van der Waals surface area (Å²) < 4.78 is 5.07. The minimum Gasteiger partial charge on any atom is -0.459 e. The monoisotopic (exact) mass is 313 g/mol. The molecule has 2 heterocycles. The number of para-hydroxylation sites is 1. The van der Waals surface area contributed by atoms with Crippen LogP contribution in [-0.2, 0) is 0 Å². The second-order valence-corrected chi connectivity index (χ2v) is 5.75. The number of carbonyl (C=O) groups is 1. The first-order valence-corrected chi connectivity index (χ1v) is 8.17. The average Bonchev–Trinajstić information content (AvgIpc) is 3.15. The lowest BCUT2D eigenvalue weighted by Gasteiger charge is -2.36. The van der Waals surface area contributed by atoms with Gasteiger partial charge in [0.05, 0.1) is 6.26 Å². The van der Waals surface area contributed by atoms with E-state index in [1.54, 1.807) is 12.1 Å². The first-order valence-electron chi connectivity index (χ1n) is 8.17. The van der Waals surface area contributed by atoms with E-state index in [1.807, 2.05) is 0 Å². The first kappa shape index (κ1) is 15.6. The Morgan fingerprint density at radius 1 is 1.04 bits per heavy atom. The Hall–Kier alpha value is -2.27. The van der Waals surface area contributed by atoms with Gasteiger partial charge in [0, 0.05) is 38.4 Å². The number of hydrogen-bond acceptors (Lipinski definition) is 4. The van der Waals surface area contributed by atoms with Gasteiger partial charge in [0.2, 0.25) is 0 Å². The molecule has 1 N–H and O–H groups in total. The molecular weight excluding hydrogens is 290 g/mol. The maximum Gasteiger partial charge on any atom is 0.286 e. The second-order valence-electron chi connectivity index (χ2n) is 5.75. The second kappa shape index (κ2) is 7.83. The van der Waals surface area contributed by atoms with Crippen molar-refractivity contribution in [3.8, 4) is 0 Å². The van der Waals surface area contributed by atoms with E-state index in [2.05, 4.69) is 45.4 Å². The Morgan fingerprint density at radius 2 is 1.83 bits per heavy atom. The van der Waals surface area contributed by atoms with Gasteiger partial charge in [-0.25, -0.2) is 0 Å². The van der Waals surface area contributed by atoms with Gasteiger partial charge < -0.3 is 14.6 Å². The quantitative estimate of drug-likeness (QED) is 0.831. The van der Waals surface area contributed by atoms with Crippen LogP contribution in [0.15, 0.2) is 53.1 Å². The largest absolute Gasteiger partial charge is 0.459 e. The number of piperazine rings is 1. The van der Waals surface area contributed by atoms with Crippen molar-refractivity contribution in [3.63, 3.8) is 0 Å². The summed E-state index contributed by atoms with van der Waals surface area (Å²) in [6.45, 7) is 5.95. The molecule has 0 saturated carbocycles. The van der Waals surface area contributed by atoms with Crippen LogP contribution in [0.1, 0.15) is 17.0 Å². The van der Waals surface area contributed by atoms with Crippen LogP contribution in [0.2, 0.25) is 0 Å². The molecule has 1 amide bonds. The third kappa shape index (κ3) is 4.36. The Labute approximate surface area is 136 Å². The maximum absolute atomic E-state index is 11.7. The molecule has 23 heavy (non-hydrogen) atoms. The van der Waals surface area contributed by atoms with Crippen molar-refractivity contribution in [3.05, 3.63) is 54.5 Å². The standard InChI is InChI=1S/C18H23N3O2/c22-18(17-8-4-15-23-17)19-9-5-10-20-11-13-21(14-12-20)16-6-2-1-3-7-16/h1-4,6-8,15H,5,9-14H2,(H,19,22). The average molecular weight is 313 g/mol. The van der Waals surface area contributed by atoms with Crippen molar-refractivity contribution < 1.29 is 9.21 Å². The number of anilines is 1. The summed E-state index contributed by atoms with van der Waals surface area (Å²) in [4.78, 5) is 16.6. The minimum atomic E-state index is -0.135. The Kier molecular flexibility index (Phi) is 5.32. The molecule has 122 valence electrons. The fourth-order valence-corrected chi connectivity index (χ4v) is 2.87. The highest BCUT2D eigenvalue weighted by atomic mass is 16.3. The molecule has 1 aromatic heterocycles. The van der Waals surface area contributed by atoms with Gasteiger partial charge in [0.25, 0.3) is 5.91 Å². The maximum atomic E-state index is 11.7. The van der Waals surface area contributed by atoms with Gasteiger partial charge in [0.1, 0.15) is 0 Å². The number of rotatable bonds is 6. The van der Waals surface area contributed by atoms with Crippen molar-refractivity contribution in [2.45, 2.75) is 6.42 Å². The molecule has 5 nitrogen and oxygen atoms in total. The molecule has 1 fully saturated rings. The van der Waals surface area contributed by atoms with E-state index in [-0.39, 0.29) is 5.91 Å². The molecule has 0 aliphatic carbocycles. The SMILES string of the molecule is O=C(NCCCN1CCN(c2ccccc2)CC1)c1ccco1. The molecule has 0 atom stereocenters. The van der Waals surface area contributed by atoms with Crippen molar-refractivity contribution in [1.29, 1.82) is 0 Å². The van der Waals surface area contributed by atoms with E-state index < -0.39 is 0 Å². The Morgan fingerprint density at radius 3 is 2.52 bits per heavy atom. The van der Waals surface area contributed by atoms with Crippen molar-refractivity contribution in [1.82, 2.24) is 10.2 Å². The lowest BCUT2D eigenvalue weighted by molar-refractivity contribution is 0.0924. The molecule has 2 aromatic rings. The number of nitrogens with zero attached hydrogens (tertiary/aromatic N) is 2. The summed E-state index contributed by atoms with van der Waals surface area (Å²) in [6.07, 6.45) is 2.47. The normalized spacial score (nSPS) is 15.6. The summed E-state index contributed by atoms with van der Waals surface area (Å²) in [5, 5.41) is 2.89. The van der Waals surface area contributed by atoms with Gasteiger partial charge in [-0.1, -0.05) is 18.2 Å². The summed E-state index contributed by atoms with van der Waals surface area (Å²) >= 11 is 0. The van der Waals surface area contributed by atoms with Crippen LogP contribution in [0.4, 0.5) is 5.69 Å². The third-order valence-electron chi connectivity index (χ3n) is 4.18. The third-order valence-corrected chi connectivity index (χ3v) is 4.18. The van der Waals surface area contributed by atoms with Gasteiger partial charge in [0.15, 0.2) is 5.76 Å². The number of nitrogens with one attached hydrogen (secondary N) is 1. The van der Waals surface area contributed by atoms with Gasteiger partial charge in [-0.15, -0.1) is 0 Å². The molecule has 3 rings (SSSR count). The number of benzene rings is 1. The van der Waals surface area contributed by atoms with E-state index >= 15 is 0 Å². The smallest absolute Gasteiger partial charge is 0.286 e. The fourth-order valence-electron chi connectivity index (χ4n) is 2.87. The minimum absolute atomic E-state index is 0.135. The van der Waals surface area contributed by atoms with E-state index in [0.717, 1.165) is 39.1 Å². The van der Waals surface area contributed by atoms with E-state index in [9.17, 15) is 4.79 Å². The molecule has 0 spiro atoms. The van der Waals surface area contributed by atoms with Crippen LogP contribution < -0.4 is 10.2 Å². The molecule has 0 bridgehead atoms. The van der Waals surface area contributed by atoms with E-state index in [0.29, 0.717) is 12.3 Å². The summed E-state index contributed by atoms with van der Waals surface area (Å²) in [5.41, 5.74) is 1.30. The molecule has 0 radical (unpaired) electrons. The highest BCUT2D eigenvalue weighted by Crippen LogP contribution is 2.15. The van der Waals surface area contributed by atoms with Crippen molar-refractivity contribution in [2.75, 3.05) is 44.2 Å². The van der Waals surface area contributed by atoms with Crippen LogP contribution in [0.5, 0.6) is 0 Å². The van der Waals surface area contributed by atoms with Gasteiger partial charge in [-0.2, -0.15) is 0 Å². The molecule has 1 aliphatic rings. The predicted octanol–water partition coefficient (Wildman–Crippen LogP) is 2.22. The number of carbonyl (C=O) groups excluding carboxylic acids is 1. The zero-order chi connectivity index (χ0) is 15.9. The molecule has 1 aliphatic heterocycles. The lowest BCUT2D eigenvalue weighted by Crippen LogP contribution is -2.47. The molecule has 1 saturated heterocycles. The van der Waals surface area contributed by atoms with Crippen LogP contribution in [0, 0.1) is 0 Å². The summed E-state index contributed by atoms with van der Waals surface area (Å²) in [7, 11) is 0. The van der Waals surface area contributed by atoms with Crippen LogP contribution in [0.25, 0.3) is 0 Å². The Balaban J connectivity index is 1.33. The van der Waals surface area contributed by atoms with Gasteiger partial charge >= 0.3 is 0 Å². The number of furan rings is 1. The lowest BCUT2D eigenvalue weighted by atomic mass is 10.2. The topological polar surface area (TPSA) is 48.7 Å². The fraction of sp³-hybridized carbons (Fsp3) is 0.389. The molecular formula is C18H23N3O2. The van der Waals surface area contributed by atoms with Gasteiger partial charge in [-0.05, 0) is 37.2 Å². The predicted molar refractivity (Wildman–Crippen MR) is 90.8 cm³/mol. The highest BCUT2D eigenvalue weighted by molar-refractivity contribution is 5.91. The molecule has 0 unspecified atom stereocenters. The highest BCUT2D eigenvalue weighted by Gasteiger charge is 2.16. The zero-order valence-corrected chi connectivity index (χ0v) is 13.3. The zero-order valence-electron chi connectivity index (χ0n) is 13.3.